The summed E-state index contributed by atoms with van der Waals surface area (Å²) in [6, 6.07) is 9.98. The van der Waals surface area contributed by atoms with Crippen molar-refractivity contribution in [2.24, 2.45) is 7.05 Å². The van der Waals surface area contributed by atoms with Gasteiger partial charge in [0.05, 0.1) is 6.54 Å². The van der Waals surface area contributed by atoms with Gasteiger partial charge in [0.2, 0.25) is 5.91 Å². The number of ether oxygens (including phenoxy) is 1. The number of nitrogens with zero attached hydrogens (tertiary/aromatic N) is 3. The molecule has 0 aliphatic carbocycles. The lowest BCUT2D eigenvalue weighted by atomic mass is 10.1. The zero-order valence-corrected chi connectivity index (χ0v) is 16.6. The molecule has 1 aliphatic heterocycles. The number of pyridine rings is 1. The molecule has 0 saturated carbocycles. The number of likely N-dealkylation sites (N-methyl/N-ethyl adjacent to an activating group) is 1. The molecule has 1 N–H and O–H groups in total. The van der Waals surface area contributed by atoms with E-state index < -0.39 is 0 Å². The Morgan fingerprint density at radius 3 is 2.97 bits per heavy atom. The molecule has 0 atom stereocenters. The summed E-state index contributed by atoms with van der Waals surface area (Å²) in [6.45, 7) is 2.56. The summed E-state index contributed by atoms with van der Waals surface area (Å²) in [5, 5.41) is 3.84. The average molecular weight is 390 g/mol. The van der Waals surface area contributed by atoms with Gasteiger partial charge >= 0.3 is 0 Å². The maximum Gasteiger partial charge on any atom is 0.263 e. The molecule has 1 aliphatic rings. The van der Waals surface area contributed by atoms with Crippen LogP contribution in [-0.2, 0) is 23.2 Å². The van der Waals surface area contributed by atoms with Crippen molar-refractivity contribution in [1.82, 2.24) is 14.5 Å². The fraction of sp³-hybridized carbons (Fsp3) is 0.227. The molecule has 3 heterocycles. The van der Waals surface area contributed by atoms with E-state index in [4.69, 9.17) is 4.74 Å². The lowest BCUT2D eigenvalue weighted by molar-refractivity contribution is -0.125. The molecule has 0 saturated heterocycles. The van der Waals surface area contributed by atoms with Gasteiger partial charge in [-0.25, -0.2) is 4.98 Å². The Morgan fingerprint density at radius 1 is 1.38 bits per heavy atom. The van der Waals surface area contributed by atoms with Crippen molar-refractivity contribution in [3.05, 3.63) is 59.4 Å². The Bertz CT molecular complexity index is 1110. The zero-order valence-electron chi connectivity index (χ0n) is 16.6. The molecule has 0 fully saturated rings. The van der Waals surface area contributed by atoms with Gasteiger partial charge in [-0.15, -0.1) is 0 Å². The van der Waals surface area contributed by atoms with Crippen molar-refractivity contribution in [3.8, 4) is 5.75 Å². The van der Waals surface area contributed by atoms with Crippen LogP contribution in [0.5, 0.6) is 5.75 Å². The van der Waals surface area contributed by atoms with Gasteiger partial charge in [0, 0.05) is 43.0 Å². The third kappa shape index (κ3) is 3.59. The lowest BCUT2D eigenvalue weighted by Crippen LogP contribution is -2.26. The Labute approximate surface area is 168 Å². The van der Waals surface area contributed by atoms with Crippen molar-refractivity contribution in [3.63, 3.8) is 0 Å². The van der Waals surface area contributed by atoms with Crippen LogP contribution in [-0.4, -0.2) is 39.9 Å². The molecular formula is C22H22N4O3. The third-order valence-electron chi connectivity index (χ3n) is 5.18. The van der Waals surface area contributed by atoms with Crippen LogP contribution in [0.2, 0.25) is 0 Å². The smallest absolute Gasteiger partial charge is 0.263 e. The monoisotopic (exact) mass is 390 g/mol. The van der Waals surface area contributed by atoms with Gasteiger partial charge in [0.15, 0.2) is 18.2 Å². The van der Waals surface area contributed by atoms with Gasteiger partial charge in [0.1, 0.15) is 0 Å². The van der Waals surface area contributed by atoms with Gasteiger partial charge in [0.25, 0.3) is 5.91 Å². The van der Waals surface area contributed by atoms with Crippen LogP contribution in [0.4, 0.5) is 5.82 Å². The van der Waals surface area contributed by atoms with Crippen LogP contribution in [0.25, 0.3) is 17.0 Å². The van der Waals surface area contributed by atoms with Gasteiger partial charge in [-0.05, 0) is 36.3 Å². The number of anilines is 1. The standard InChI is InChI=1S/C22H22N4O3/c1-14-16-6-4-5-7-17(16)26(3)18(14)12-25(2)21(28)9-8-15-10-19-22(23-11-15)24-20(27)13-29-19/h4-11H,12-13H2,1-3H3,(H,23,24,27)/b9-8+. The minimum Gasteiger partial charge on any atom is -0.480 e. The minimum atomic E-state index is -0.228. The van der Waals surface area contributed by atoms with Crippen LogP contribution in [0.15, 0.2) is 42.6 Å². The Kier molecular flexibility index (Phi) is 4.80. The largest absolute Gasteiger partial charge is 0.480 e. The number of aromatic nitrogens is 2. The lowest BCUT2D eigenvalue weighted by Gasteiger charge is -2.17. The van der Waals surface area contributed by atoms with Crippen molar-refractivity contribution < 1.29 is 14.3 Å². The van der Waals surface area contributed by atoms with Gasteiger partial charge < -0.3 is 19.5 Å². The number of hydrogen-bond acceptors (Lipinski definition) is 4. The highest BCUT2D eigenvalue weighted by Gasteiger charge is 2.17. The first-order valence-electron chi connectivity index (χ1n) is 9.33. The Morgan fingerprint density at radius 2 is 2.17 bits per heavy atom. The number of rotatable bonds is 4. The molecule has 7 nitrogen and oxygen atoms in total. The second kappa shape index (κ2) is 7.43. The number of nitrogens with one attached hydrogen (secondary N) is 1. The van der Waals surface area contributed by atoms with Gasteiger partial charge in [-0.1, -0.05) is 18.2 Å². The molecule has 7 heteroatoms. The number of hydrogen-bond donors (Lipinski definition) is 1. The minimum absolute atomic E-state index is 0.0338. The predicted octanol–water partition coefficient (Wildman–Crippen LogP) is 2.88. The molecule has 0 radical (unpaired) electrons. The SMILES string of the molecule is Cc1c(CN(C)C(=O)/C=C/c2cnc3c(c2)OCC(=O)N3)n(C)c2ccccc12. The van der Waals surface area contributed by atoms with E-state index in [1.807, 2.05) is 19.2 Å². The average Bonchev–Trinajstić information content (AvgIpc) is 2.97. The highest BCUT2D eigenvalue weighted by atomic mass is 16.5. The first kappa shape index (κ1) is 18.7. The first-order valence-corrected chi connectivity index (χ1v) is 9.33. The first-order chi connectivity index (χ1) is 13.9. The molecule has 2 amide bonds. The van der Waals surface area contributed by atoms with E-state index in [1.54, 1.807) is 30.3 Å². The summed E-state index contributed by atoms with van der Waals surface area (Å²) < 4.78 is 7.49. The second-order valence-electron chi connectivity index (χ2n) is 7.13. The van der Waals surface area contributed by atoms with Crippen LogP contribution >= 0.6 is 0 Å². The Balaban J connectivity index is 1.48. The quantitative estimate of drug-likeness (QED) is 0.695. The van der Waals surface area contributed by atoms with E-state index in [0.717, 1.165) is 16.8 Å². The van der Waals surface area contributed by atoms with Crippen molar-refractivity contribution in [1.29, 1.82) is 0 Å². The number of aryl methyl sites for hydroxylation is 2. The highest BCUT2D eigenvalue weighted by molar-refractivity contribution is 5.95. The number of carbonyl (C=O) groups is 2. The van der Waals surface area contributed by atoms with E-state index in [1.165, 1.54) is 17.0 Å². The zero-order chi connectivity index (χ0) is 20.5. The summed E-state index contributed by atoms with van der Waals surface area (Å²) in [7, 11) is 3.81. The molecule has 0 unspecified atom stereocenters. The van der Waals surface area contributed by atoms with Gasteiger partial charge in [-0.3, -0.25) is 9.59 Å². The molecule has 4 rings (SSSR count). The highest BCUT2D eigenvalue weighted by Crippen LogP contribution is 2.27. The second-order valence-corrected chi connectivity index (χ2v) is 7.13. The fourth-order valence-electron chi connectivity index (χ4n) is 3.52. The van der Waals surface area contributed by atoms with E-state index >= 15 is 0 Å². The fourth-order valence-corrected chi connectivity index (χ4v) is 3.52. The topological polar surface area (TPSA) is 76.5 Å². The van der Waals surface area contributed by atoms with Crippen molar-refractivity contribution in [2.45, 2.75) is 13.5 Å². The van der Waals surface area contributed by atoms with Crippen LogP contribution < -0.4 is 10.1 Å². The summed E-state index contributed by atoms with van der Waals surface area (Å²) in [5.41, 5.74) is 4.17. The Hall–Kier alpha value is -3.61. The summed E-state index contributed by atoms with van der Waals surface area (Å²) in [5.74, 6) is 0.557. The summed E-state index contributed by atoms with van der Waals surface area (Å²) in [4.78, 5) is 29.8. The predicted molar refractivity (Wildman–Crippen MR) is 112 cm³/mol. The van der Waals surface area contributed by atoms with Crippen molar-refractivity contribution >= 4 is 34.6 Å². The molecule has 0 spiro atoms. The molecule has 148 valence electrons. The normalized spacial score (nSPS) is 13.3. The summed E-state index contributed by atoms with van der Waals surface area (Å²) in [6.07, 6.45) is 4.80. The third-order valence-corrected chi connectivity index (χ3v) is 5.18. The van der Waals surface area contributed by atoms with Crippen LogP contribution in [0.1, 0.15) is 16.8 Å². The molecule has 29 heavy (non-hydrogen) atoms. The number of fused-ring (bicyclic) bond motifs is 2. The van der Waals surface area contributed by atoms with Crippen molar-refractivity contribution in [2.75, 3.05) is 19.0 Å². The molecule has 3 aromatic rings. The van der Waals surface area contributed by atoms with E-state index in [-0.39, 0.29) is 18.4 Å². The van der Waals surface area contributed by atoms with E-state index in [9.17, 15) is 9.59 Å². The molecule has 0 bridgehead atoms. The molecule has 1 aromatic carbocycles. The number of amides is 2. The van der Waals surface area contributed by atoms with Gasteiger partial charge in [-0.2, -0.15) is 0 Å². The van der Waals surface area contributed by atoms with E-state index in [2.05, 4.69) is 33.9 Å². The van der Waals surface area contributed by atoms with Crippen LogP contribution in [0, 0.1) is 6.92 Å². The number of para-hydroxylation sites is 1. The maximum atomic E-state index is 12.6. The number of benzene rings is 1. The molecule has 2 aromatic heterocycles. The maximum absolute atomic E-state index is 12.6. The number of carbonyl (C=O) groups excluding carboxylic acids is 2. The van der Waals surface area contributed by atoms with Crippen LogP contribution in [0.3, 0.4) is 0 Å². The molecular weight excluding hydrogens is 368 g/mol. The summed E-state index contributed by atoms with van der Waals surface area (Å²) >= 11 is 0. The van der Waals surface area contributed by atoms with E-state index in [0.29, 0.717) is 18.1 Å².